The highest BCUT2D eigenvalue weighted by Crippen LogP contribution is 2.30. The molecule has 1 unspecified atom stereocenters. The number of carbonyl (C=O) groups excluding carboxylic acids is 1. The molecule has 0 heterocycles. The molecule has 5 heteroatoms. The maximum absolute atomic E-state index is 13.3. The molecule has 26 heavy (non-hydrogen) atoms. The Morgan fingerprint density at radius 1 is 0.885 bits per heavy atom. The monoisotopic (exact) mass is 355 g/mol. The molecule has 0 spiro atoms. The Kier molecular flexibility index (Phi) is 5.66. The Morgan fingerprint density at radius 2 is 1.42 bits per heavy atom. The van der Waals surface area contributed by atoms with Crippen LogP contribution in [-0.4, -0.2) is 17.0 Å². The third-order valence-electron chi connectivity index (χ3n) is 5.07. The summed E-state index contributed by atoms with van der Waals surface area (Å²) in [6.45, 7) is 0. The normalized spacial score (nSPS) is 21.0. The highest BCUT2D eigenvalue weighted by molar-refractivity contribution is 5.80. The fourth-order valence-electron chi connectivity index (χ4n) is 3.52. The van der Waals surface area contributed by atoms with Gasteiger partial charge < -0.3 is 10.4 Å². The van der Waals surface area contributed by atoms with Crippen molar-refractivity contribution in [2.75, 3.05) is 0 Å². The second kappa shape index (κ2) is 8.13. The molecule has 0 aliphatic heterocycles. The predicted molar refractivity (Wildman–Crippen MR) is 95.9 cm³/mol. The second-order valence-corrected chi connectivity index (χ2v) is 6.79. The Morgan fingerprint density at radius 3 is 2.00 bits per heavy atom. The van der Waals surface area contributed by atoms with Crippen LogP contribution in [0.4, 0.5) is 4.39 Å². The summed E-state index contributed by atoms with van der Waals surface area (Å²) in [6.07, 6.45) is 2.21. The number of carboxylic acid groups (broad SMARTS) is 1. The molecule has 136 valence electrons. The van der Waals surface area contributed by atoms with E-state index in [4.69, 9.17) is 5.11 Å². The van der Waals surface area contributed by atoms with Crippen LogP contribution in [0.3, 0.4) is 0 Å². The van der Waals surface area contributed by atoms with E-state index in [0.29, 0.717) is 25.7 Å². The summed E-state index contributed by atoms with van der Waals surface area (Å²) >= 11 is 0. The molecule has 0 saturated heterocycles. The zero-order valence-corrected chi connectivity index (χ0v) is 14.4. The Labute approximate surface area is 152 Å². The Bertz CT molecular complexity index is 753. The van der Waals surface area contributed by atoms with Crippen LogP contribution in [0.1, 0.15) is 42.9 Å². The molecular weight excluding hydrogens is 333 g/mol. The summed E-state index contributed by atoms with van der Waals surface area (Å²) in [4.78, 5) is 23.8. The summed E-state index contributed by atoms with van der Waals surface area (Å²) in [5.74, 6) is -1.71. The van der Waals surface area contributed by atoms with Crippen LogP contribution in [0.5, 0.6) is 0 Å². The average molecular weight is 355 g/mol. The molecule has 1 fully saturated rings. The Hall–Kier alpha value is -2.69. The first kappa shape index (κ1) is 18.1. The number of hydrogen-bond acceptors (Lipinski definition) is 2. The first-order valence-corrected chi connectivity index (χ1v) is 8.88. The van der Waals surface area contributed by atoms with Crippen molar-refractivity contribution >= 4 is 11.9 Å². The number of hydrogen-bond donors (Lipinski definition) is 2. The third-order valence-corrected chi connectivity index (χ3v) is 5.07. The van der Waals surface area contributed by atoms with Crippen molar-refractivity contribution in [1.29, 1.82) is 0 Å². The fourth-order valence-corrected chi connectivity index (χ4v) is 3.52. The van der Waals surface area contributed by atoms with Crippen molar-refractivity contribution < 1.29 is 19.1 Å². The SMILES string of the molecule is O=C(O)C1CCC(C(=O)NC(c2ccccc2)c2ccc(F)cc2)CC1. The molecule has 0 aromatic heterocycles. The van der Waals surface area contributed by atoms with Crippen molar-refractivity contribution in [3.63, 3.8) is 0 Å². The molecule has 1 aliphatic rings. The van der Waals surface area contributed by atoms with Gasteiger partial charge in [-0.15, -0.1) is 0 Å². The fraction of sp³-hybridized carbons (Fsp3) is 0.333. The van der Waals surface area contributed by atoms with E-state index < -0.39 is 5.97 Å². The van der Waals surface area contributed by atoms with Crippen LogP contribution in [0.25, 0.3) is 0 Å². The van der Waals surface area contributed by atoms with E-state index in [-0.39, 0.29) is 29.6 Å². The average Bonchev–Trinajstić information content (AvgIpc) is 2.67. The molecule has 1 amide bonds. The van der Waals surface area contributed by atoms with Gasteiger partial charge in [-0.2, -0.15) is 0 Å². The molecular formula is C21H22FNO3. The van der Waals surface area contributed by atoms with Gasteiger partial charge >= 0.3 is 5.97 Å². The summed E-state index contributed by atoms with van der Waals surface area (Å²) in [7, 11) is 0. The van der Waals surface area contributed by atoms with E-state index >= 15 is 0 Å². The van der Waals surface area contributed by atoms with Crippen LogP contribution < -0.4 is 5.32 Å². The Balaban J connectivity index is 1.75. The standard InChI is InChI=1S/C21H22FNO3/c22-18-12-10-15(11-13-18)19(14-4-2-1-3-5-14)23-20(24)16-6-8-17(9-7-16)21(25)26/h1-5,10-13,16-17,19H,6-9H2,(H,23,24)(H,25,26). The number of carboxylic acids is 1. The van der Waals surface area contributed by atoms with E-state index in [1.54, 1.807) is 12.1 Å². The van der Waals surface area contributed by atoms with Gasteiger partial charge in [-0.05, 0) is 48.9 Å². The molecule has 1 atom stereocenters. The molecule has 1 aliphatic carbocycles. The number of benzene rings is 2. The second-order valence-electron chi connectivity index (χ2n) is 6.79. The quantitative estimate of drug-likeness (QED) is 0.854. The van der Waals surface area contributed by atoms with Crippen LogP contribution in [0.2, 0.25) is 0 Å². The molecule has 0 radical (unpaired) electrons. The van der Waals surface area contributed by atoms with Crippen molar-refractivity contribution in [2.45, 2.75) is 31.7 Å². The van der Waals surface area contributed by atoms with Gasteiger partial charge in [-0.1, -0.05) is 42.5 Å². The topological polar surface area (TPSA) is 66.4 Å². The zero-order chi connectivity index (χ0) is 18.5. The lowest BCUT2D eigenvalue weighted by molar-refractivity contribution is -0.144. The van der Waals surface area contributed by atoms with E-state index in [1.807, 2.05) is 30.3 Å². The summed E-state index contributed by atoms with van der Waals surface area (Å²) < 4.78 is 13.3. The highest BCUT2D eigenvalue weighted by atomic mass is 19.1. The smallest absolute Gasteiger partial charge is 0.306 e. The number of aliphatic carboxylic acids is 1. The lowest BCUT2D eigenvalue weighted by Gasteiger charge is -2.28. The molecule has 2 aromatic rings. The summed E-state index contributed by atoms with van der Waals surface area (Å²) in [5, 5.41) is 12.2. The highest BCUT2D eigenvalue weighted by Gasteiger charge is 2.31. The predicted octanol–water partition coefficient (Wildman–Crippen LogP) is 3.92. The number of carbonyl (C=O) groups is 2. The van der Waals surface area contributed by atoms with Gasteiger partial charge in [0.2, 0.25) is 5.91 Å². The van der Waals surface area contributed by atoms with Crippen LogP contribution in [0.15, 0.2) is 54.6 Å². The molecule has 3 rings (SSSR count). The molecule has 0 bridgehead atoms. The minimum absolute atomic E-state index is 0.0768. The maximum Gasteiger partial charge on any atom is 0.306 e. The van der Waals surface area contributed by atoms with Gasteiger partial charge in [0.05, 0.1) is 12.0 Å². The van der Waals surface area contributed by atoms with Gasteiger partial charge in [-0.3, -0.25) is 9.59 Å². The molecule has 4 nitrogen and oxygen atoms in total. The van der Waals surface area contributed by atoms with Crippen molar-refractivity contribution in [3.8, 4) is 0 Å². The molecule has 1 saturated carbocycles. The number of nitrogens with one attached hydrogen (secondary N) is 1. The van der Waals surface area contributed by atoms with Crippen molar-refractivity contribution in [1.82, 2.24) is 5.32 Å². The third kappa shape index (κ3) is 4.28. The number of rotatable bonds is 5. The van der Waals surface area contributed by atoms with Gasteiger partial charge in [0.15, 0.2) is 0 Å². The van der Waals surface area contributed by atoms with Crippen molar-refractivity contribution in [3.05, 3.63) is 71.5 Å². The van der Waals surface area contributed by atoms with Gasteiger partial charge in [0, 0.05) is 5.92 Å². The minimum Gasteiger partial charge on any atom is -0.481 e. The van der Waals surface area contributed by atoms with E-state index in [9.17, 15) is 14.0 Å². The first-order chi connectivity index (χ1) is 12.5. The molecule has 2 aromatic carbocycles. The summed E-state index contributed by atoms with van der Waals surface area (Å²) in [6, 6.07) is 15.3. The van der Waals surface area contributed by atoms with Crippen LogP contribution in [-0.2, 0) is 9.59 Å². The van der Waals surface area contributed by atoms with Gasteiger partial charge in [0.1, 0.15) is 5.82 Å². The van der Waals surface area contributed by atoms with Gasteiger partial charge in [0.25, 0.3) is 0 Å². The largest absolute Gasteiger partial charge is 0.481 e. The maximum atomic E-state index is 13.3. The molecule has 2 N–H and O–H groups in total. The van der Waals surface area contributed by atoms with E-state index in [2.05, 4.69) is 5.32 Å². The lowest BCUT2D eigenvalue weighted by Crippen LogP contribution is -2.37. The van der Waals surface area contributed by atoms with Crippen molar-refractivity contribution in [2.24, 2.45) is 11.8 Å². The lowest BCUT2D eigenvalue weighted by atomic mass is 9.81. The zero-order valence-electron chi connectivity index (χ0n) is 14.4. The number of amides is 1. The van der Waals surface area contributed by atoms with Gasteiger partial charge in [-0.25, -0.2) is 4.39 Å². The first-order valence-electron chi connectivity index (χ1n) is 8.88. The van der Waals surface area contributed by atoms with Crippen LogP contribution in [0, 0.1) is 17.7 Å². The minimum atomic E-state index is -0.780. The van der Waals surface area contributed by atoms with E-state index in [0.717, 1.165) is 11.1 Å². The summed E-state index contributed by atoms with van der Waals surface area (Å²) in [5.41, 5.74) is 1.73. The van der Waals surface area contributed by atoms with E-state index in [1.165, 1.54) is 12.1 Å². The number of halogens is 1. The van der Waals surface area contributed by atoms with Crippen LogP contribution >= 0.6 is 0 Å².